The molecule has 0 spiro atoms. The lowest BCUT2D eigenvalue weighted by Crippen LogP contribution is -1.99. The molecule has 0 saturated heterocycles. The third-order valence-electron chi connectivity index (χ3n) is 3.92. The van der Waals surface area contributed by atoms with Crippen LogP contribution in [0.1, 0.15) is 45.4 Å². The van der Waals surface area contributed by atoms with Gasteiger partial charge in [-0.3, -0.25) is 0 Å². The molecule has 0 heterocycles. The van der Waals surface area contributed by atoms with Crippen molar-refractivity contribution in [2.45, 2.75) is 45.4 Å². The normalized spacial score (nSPS) is 10.8. The van der Waals surface area contributed by atoms with Crippen LogP contribution in [-0.4, -0.2) is 18.8 Å². The zero-order chi connectivity index (χ0) is 15.8. The molecule has 1 N–H and O–H groups in total. The van der Waals surface area contributed by atoms with Gasteiger partial charge in [0.15, 0.2) is 11.5 Å². The maximum absolute atomic E-state index is 10.2. The van der Waals surface area contributed by atoms with Gasteiger partial charge < -0.3 is 14.6 Å². The van der Waals surface area contributed by atoms with E-state index >= 15 is 0 Å². The van der Waals surface area contributed by atoms with Crippen LogP contribution in [0.3, 0.4) is 0 Å². The summed E-state index contributed by atoms with van der Waals surface area (Å²) in [5, 5.41) is 11.9. The predicted molar refractivity (Wildman–Crippen MR) is 91.0 cm³/mol. The predicted octanol–water partition coefficient (Wildman–Crippen LogP) is 5.29. The first kappa shape index (κ1) is 16.5. The summed E-state index contributed by atoms with van der Waals surface area (Å²) in [4.78, 5) is 0. The van der Waals surface area contributed by atoms with Crippen molar-refractivity contribution in [3.8, 4) is 17.2 Å². The monoisotopic (exact) mass is 302 g/mol. The molecule has 0 saturated carbocycles. The van der Waals surface area contributed by atoms with Crippen LogP contribution < -0.4 is 9.47 Å². The Balaban J connectivity index is 2.00. The summed E-state index contributed by atoms with van der Waals surface area (Å²) in [5.74, 6) is 1.40. The van der Waals surface area contributed by atoms with Crippen molar-refractivity contribution in [1.29, 1.82) is 0 Å². The van der Waals surface area contributed by atoms with E-state index in [4.69, 9.17) is 9.47 Å². The molecule has 2 aromatic rings. The van der Waals surface area contributed by atoms with Crippen molar-refractivity contribution in [2.24, 2.45) is 0 Å². The first-order chi connectivity index (χ1) is 10.8. The molecule has 0 fully saturated rings. The zero-order valence-electron chi connectivity index (χ0n) is 13.6. The Bertz CT molecular complexity index is 592. The van der Waals surface area contributed by atoms with Crippen LogP contribution in [-0.2, 0) is 0 Å². The van der Waals surface area contributed by atoms with Gasteiger partial charge in [-0.1, -0.05) is 63.3 Å². The van der Waals surface area contributed by atoms with E-state index in [2.05, 4.69) is 6.92 Å². The van der Waals surface area contributed by atoms with Crippen LogP contribution in [0.4, 0.5) is 0 Å². The second kappa shape index (κ2) is 8.52. The van der Waals surface area contributed by atoms with Gasteiger partial charge in [0, 0.05) is 16.8 Å². The van der Waals surface area contributed by atoms with E-state index in [1.807, 2.05) is 24.3 Å². The van der Waals surface area contributed by atoms with E-state index in [9.17, 15) is 5.11 Å². The molecule has 3 heteroatoms. The van der Waals surface area contributed by atoms with Crippen molar-refractivity contribution in [3.63, 3.8) is 0 Å². The van der Waals surface area contributed by atoms with Crippen LogP contribution >= 0.6 is 0 Å². The first-order valence-corrected chi connectivity index (χ1v) is 8.19. The summed E-state index contributed by atoms with van der Waals surface area (Å²) < 4.78 is 11.2. The Labute approximate surface area is 132 Å². The maximum Gasteiger partial charge on any atom is 0.165 e. The highest BCUT2D eigenvalue weighted by molar-refractivity contribution is 5.95. The molecule has 0 aromatic heterocycles. The van der Waals surface area contributed by atoms with Gasteiger partial charge in [0.1, 0.15) is 5.75 Å². The van der Waals surface area contributed by atoms with Gasteiger partial charge in [-0.25, -0.2) is 0 Å². The number of benzene rings is 2. The summed E-state index contributed by atoms with van der Waals surface area (Å²) in [6.07, 6.45) is 7.44. The summed E-state index contributed by atoms with van der Waals surface area (Å²) in [5.41, 5.74) is 0. The minimum atomic E-state index is 0.171. The largest absolute Gasteiger partial charge is 0.504 e. The molecule has 0 aliphatic carbocycles. The number of aromatic hydroxyl groups is 1. The molecule has 3 nitrogen and oxygen atoms in total. The van der Waals surface area contributed by atoms with Crippen molar-refractivity contribution in [3.05, 3.63) is 30.3 Å². The first-order valence-electron chi connectivity index (χ1n) is 8.19. The minimum absolute atomic E-state index is 0.171. The fourth-order valence-electron chi connectivity index (χ4n) is 2.64. The number of methoxy groups -OCH3 is 1. The van der Waals surface area contributed by atoms with E-state index in [1.165, 1.54) is 32.1 Å². The number of ether oxygens (including phenoxy) is 2. The number of phenolic OH excluding ortho intramolecular Hbond substituents is 1. The van der Waals surface area contributed by atoms with E-state index in [0.29, 0.717) is 12.4 Å². The molecule has 2 aromatic carbocycles. The molecular formula is C19H26O3. The Hall–Kier alpha value is -1.90. The average molecular weight is 302 g/mol. The summed E-state index contributed by atoms with van der Waals surface area (Å²) >= 11 is 0. The van der Waals surface area contributed by atoms with E-state index in [1.54, 1.807) is 13.2 Å². The highest BCUT2D eigenvalue weighted by atomic mass is 16.5. The van der Waals surface area contributed by atoms with Crippen molar-refractivity contribution in [2.75, 3.05) is 13.7 Å². The lowest BCUT2D eigenvalue weighted by Gasteiger charge is -2.13. The molecular weight excluding hydrogens is 276 g/mol. The van der Waals surface area contributed by atoms with Crippen molar-refractivity contribution < 1.29 is 14.6 Å². The standard InChI is InChI=1S/C19H26O3/c1-3-4-5-6-7-10-13-22-17-14-18(21-2)19(20)16-12-9-8-11-15(16)17/h8-9,11-12,14,20H,3-7,10,13H2,1-2H3. The Kier molecular flexibility index (Phi) is 6.38. The quantitative estimate of drug-likeness (QED) is 0.639. The SMILES string of the molecule is CCCCCCCCOc1cc(OC)c(O)c2ccccc12. The fraction of sp³-hybridized carbons (Fsp3) is 0.474. The number of phenols is 1. The second-order valence-electron chi connectivity index (χ2n) is 5.59. The van der Waals surface area contributed by atoms with Gasteiger partial charge in [0.2, 0.25) is 0 Å². The third-order valence-corrected chi connectivity index (χ3v) is 3.92. The molecule has 0 aliphatic rings. The molecule has 0 amide bonds. The highest BCUT2D eigenvalue weighted by Gasteiger charge is 2.12. The van der Waals surface area contributed by atoms with Crippen LogP contribution in [0.25, 0.3) is 10.8 Å². The van der Waals surface area contributed by atoms with Crippen LogP contribution in [0.15, 0.2) is 30.3 Å². The molecule has 2 rings (SSSR count). The van der Waals surface area contributed by atoms with E-state index in [-0.39, 0.29) is 5.75 Å². The van der Waals surface area contributed by atoms with Crippen LogP contribution in [0.2, 0.25) is 0 Å². The number of unbranched alkanes of at least 4 members (excludes halogenated alkanes) is 5. The minimum Gasteiger partial charge on any atom is -0.504 e. The van der Waals surface area contributed by atoms with Crippen LogP contribution in [0.5, 0.6) is 17.2 Å². The third kappa shape index (κ3) is 4.06. The van der Waals surface area contributed by atoms with E-state index in [0.717, 1.165) is 22.9 Å². The zero-order valence-corrected chi connectivity index (χ0v) is 13.6. The van der Waals surface area contributed by atoms with Gasteiger partial charge in [-0.15, -0.1) is 0 Å². The smallest absolute Gasteiger partial charge is 0.165 e. The summed E-state index contributed by atoms with van der Waals surface area (Å²) in [7, 11) is 1.56. The molecule has 0 bridgehead atoms. The Morgan fingerprint density at radius 3 is 2.32 bits per heavy atom. The van der Waals surface area contributed by atoms with Gasteiger partial charge in [0.25, 0.3) is 0 Å². The average Bonchev–Trinajstić information content (AvgIpc) is 2.56. The van der Waals surface area contributed by atoms with Gasteiger partial charge in [-0.2, -0.15) is 0 Å². The van der Waals surface area contributed by atoms with Crippen LogP contribution in [0, 0.1) is 0 Å². The topological polar surface area (TPSA) is 38.7 Å². The molecule has 120 valence electrons. The summed E-state index contributed by atoms with van der Waals surface area (Å²) in [6.45, 7) is 2.93. The van der Waals surface area contributed by atoms with E-state index < -0.39 is 0 Å². The number of hydrogen-bond donors (Lipinski definition) is 1. The van der Waals surface area contributed by atoms with Gasteiger partial charge in [-0.05, 0) is 6.42 Å². The molecule has 0 radical (unpaired) electrons. The number of hydrogen-bond acceptors (Lipinski definition) is 3. The number of fused-ring (bicyclic) bond motifs is 1. The lowest BCUT2D eigenvalue weighted by atomic mass is 10.1. The fourth-order valence-corrected chi connectivity index (χ4v) is 2.64. The molecule has 0 atom stereocenters. The molecule has 22 heavy (non-hydrogen) atoms. The molecule has 0 aliphatic heterocycles. The number of rotatable bonds is 9. The second-order valence-corrected chi connectivity index (χ2v) is 5.59. The van der Waals surface area contributed by atoms with Crippen molar-refractivity contribution >= 4 is 10.8 Å². The maximum atomic E-state index is 10.2. The Morgan fingerprint density at radius 2 is 1.59 bits per heavy atom. The van der Waals surface area contributed by atoms with Crippen molar-refractivity contribution in [1.82, 2.24) is 0 Å². The highest BCUT2D eigenvalue weighted by Crippen LogP contribution is 2.40. The summed E-state index contributed by atoms with van der Waals surface area (Å²) in [6, 6.07) is 9.47. The molecule has 0 unspecified atom stereocenters. The van der Waals surface area contributed by atoms with Gasteiger partial charge in [0.05, 0.1) is 13.7 Å². The lowest BCUT2D eigenvalue weighted by molar-refractivity contribution is 0.304. The van der Waals surface area contributed by atoms with Gasteiger partial charge >= 0.3 is 0 Å². The Morgan fingerprint density at radius 1 is 0.909 bits per heavy atom.